The Labute approximate surface area is 410 Å². The number of oxime groups is 1. The first-order chi connectivity index (χ1) is 32.9. The van der Waals surface area contributed by atoms with Crippen molar-refractivity contribution in [1.82, 2.24) is 10.2 Å². The van der Waals surface area contributed by atoms with E-state index in [9.17, 15) is 24.2 Å². The molecule has 1 fully saturated rings. The number of unbranched alkanes of at least 4 members (excludes halogenated alkanes) is 11. The molecule has 0 radical (unpaired) electrons. The van der Waals surface area contributed by atoms with E-state index >= 15 is 0 Å². The fraction of sp³-hybridized carbons (Fsp3) is 0.648. The van der Waals surface area contributed by atoms with Gasteiger partial charge >= 0.3 is 12.2 Å². The zero-order chi connectivity index (χ0) is 48.9. The smallest absolute Gasteiger partial charge is 0.412 e. The Balaban J connectivity index is 1.60. The molecule has 0 bridgehead atoms. The van der Waals surface area contributed by atoms with Crippen molar-refractivity contribution in [1.29, 1.82) is 0 Å². The molecule has 2 aliphatic carbocycles. The molecule has 0 saturated heterocycles. The number of hydrogen-bond acceptors (Lipinski definition) is 10. The molecule has 1 heterocycles. The van der Waals surface area contributed by atoms with Gasteiger partial charge in [-0.1, -0.05) is 107 Å². The molecule has 14 heteroatoms. The van der Waals surface area contributed by atoms with Crippen LogP contribution >= 0.6 is 11.6 Å². The van der Waals surface area contributed by atoms with E-state index in [0.29, 0.717) is 42.2 Å². The lowest BCUT2D eigenvalue weighted by molar-refractivity contribution is -0.256. The Morgan fingerprint density at radius 3 is 2.28 bits per heavy atom. The Bertz CT molecular complexity index is 1940. The van der Waals surface area contributed by atoms with Gasteiger partial charge in [-0.15, -0.1) is 18.2 Å². The SMILES string of the molecule is C=CCO[C@@]12Oc3ccc(OC(=O)NCCCCCCCCCCCC)cc3[C@H]3[C@H](CCCCO)[C@@H](CCCCO)C=C(C(=NOC(C)(C)C)C[C@@H]1N(Cc1ccc(F)cc1)C(=O)OCCCl)[C@H]32. The number of carbonyl (C=O) groups is 2. The van der Waals surface area contributed by atoms with Gasteiger partial charge in [-0.05, 0) is 106 Å². The monoisotopic (exact) mass is 968 g/mol. The Morgan fingerprint density at radius 1 is 0.956 bits per heavy atom. The maximum absolute atomic E-state index is 14.5. The topological polar surface area (TPSA) is 148 Å². The number of aliphatic hydroxyl groups excluding tert-OH is 2. The number of halogens is 2. The number of ether oxygens (including phenoxy) is 4. The van der Waals surface area contributed by atoms with Gasteiger partial charge in [-0.3, -0.25) is 4.90 Å². The normalized spacial score (nSPS) is 22.3. The largest absolute Gasteiger partial charge is 0.459 e. The summed E-state index contributed by atoms with van der Waals surface area (Å²) in [6, 6.07) is 10.5. The van der Waals surface area contributed by atoms with E-state index in [4.69, 9.17) is 40.5 Å². The molecule has 0 spiro atoms. The van der Waals surface area contributed by atoms with Crippen molar-refractivity contribution in [2.75, 3.05) is 38.9 Å². The highest BCUT2D eigenvalue weighted by molar-refractivity contribution is 6.18. The van der Waals surface area contributed by atoms with Gasteiger partial charge in [-0.25, -0.2) is 14.0 Å². The second-order valence-electron chi connectivity index (χ2n) is 19.5. The van der Waals surface area contributed by atoms with Crippen LogP contribution in [0.3, 0.4) is 0 Å². The Morgan fingerprint density at radius 2 is 1.63 bits per heavy atom. The third kappa shape index (κ3) is 15.4. The first kappa shape index (κ1) is 54.8. The summed E-state index contributed by atoms with van der Waals surface area (Å²) in [6.45, 7) is 12.6. The lowest BCUT2D eigenvalue weighted by atomic mass is 9.55. The lowest BCUT2D eigenvalue weighted by Gasteiger charge is -2.60. The van der Waals surface area contributed by atoms with Crippen LogP contribution in [0, 0.1) is 23.6 Å². The second-order valence-corrected chi connectivity index (χ2v) is 19.9. The Hall–Kier alpha value is -4.17. The van der Waals surface area contributed by atoms with Crippen LogP contribution < -0.4 is 14.8 Å². The first-order valence-electron chi connectivity index (χ1n) is 25.4. The van der Waals surface area contributed by atoms with Crippen molar-refractivity contribution < 1.29 is 48.0 Å². The minimum atomic E-state index is -1.57. The quantitative estimate of drug-likeness (QED) is 0.0313. The second kappa shape index (κ2) is 27.9. The van der Waals surface area contributed by atoms with E-state index in [1.165, 1.54) is 57.1 Å². The maximum atomic E-state index is 14.5. The summed E-state index contributed by atoms with van der Waals surface area (Å²) in [6.07, 6.45) is 19.0. The van der Waals surface area contributed by atoms with E-state index in [-0.39, 0.29) is 63.0 Å². The fourth-order valence-corrected chi connectivity index (χ4v) is 10.2. The van der Waals surface area contributed by atoms with Crippen LogP contribution in [0.15, 0.2) is 71.9 Å². The van der Waals surface area contributed by atoms with Gasteiger partial charge in [0.15, 0.2) is 0 Å². The summed E-state index contributed by atoms with van der Waals surface area (Å²) in [5, 5.41) is 27.8. The molecule has 12 nitrogen and oxygen atoms in total. The molecule has 2 aromatic rings. The molecule has 3 N–H and O–H groups in total. The number of rotatable bonds is 29. The van der Waals surface area contributed by atoms with E-state index in [0.717, 1.165) is 56.1 Å². The molecule has 2 amide bonds. The maximum Gasteiger partial charge on any atom is 0.412 e. The van der Waals surface area contributed by atoms with Gasteiger partial charge in [0.25, 0.3) is 0 Å². The third-order valence-electron chi connectivity index (χ3n) is 13.3. The van der Waals surface area contributed by atoms with E-state index in [1.54, 1.807) is 35.2 Å². The highest BCUT2D eigenvalue weighted by atomic mass is 35.5. The van der Waals surface area contributed by atoms with Crippen molar-refractivity contribution in [3.63, 3.8) is 0 Å². The number of benzene rings is 2. The number of nitrogens with one attached hydrogen (secondary N) is 1. The molecule has 378 valence electrons. The van der Waals surface area contributed by atoms with Crippen molar-refractivity contribution in [3.05, 3.63) is 83.7 Å². The first-order valence-corrected chi connectivity index (χ1v) is 25.9. The number of nitrogens with zero attached hydrogens (tertiary/aromatic N) is 2. The number of aliphatic hydroxyl groups is 2. The third-order valence-corrected chi connectivity index (χ3v) is 13.4. The van der Waals surface area contributed by atoms with Gasteiger partial charge in [0.2, 0.25) is 5.79 Å². The lowest BCUT2D eigenvalue weighted by Crippen LogP contribution is -2.70. The standard InChI is InChI=1S/C54H79ClFN3O9/c1-6-8-9-10-11-12-13-14-15-18-30-57-51(62)66-42-27-28-47-45(36-42)49-43(22-17-20-32-61)40(21-16-19-31-60)35-44-46(58-68-53(3,4)5)37-48(54(67-47,50(44)49)65-33-7-2)59(52(63)64-34-29-55)38-39-23-25-41(56)26-24-39/h7,23-28,35-36,40,43,48-50,60-61H,2,6,8-22,29-34,37-38H2,1,3-5H3,(H,57,62)/t40-,43+,48-,49+,50+,54+/m0/s1. The van der Waals surface area contributed by atoms with Crippen molar-refractivity contribution in [3.8, 4) is 11.5 Å². The van der Waals surface area contributed by atoms with Gasteiger partial charge in [0.05, 0.1) is 24.1 Å². The molecular formula is C54H79ClFN3O9. The predicted molar refractivity (Wildman–Crippen MR) is 266 cm³/mol. The summed E-state index contributed by atoms with van der Waals surface area (Å²) in [5.74, 6) is -2.08. The van der Waals surface area contributed by atoms with E-state index in [2.05, 4.69) is 24.9 Å². The molecule has 68 heavy (non-hydrogen) atoms. The van der Waals surface area contributed by atoms with Crippen LogP contribution in [0.4, 0.5) is 14.0 Å². The van der Waals surface area contributed by atoms with Crippen LogP contribution in [0.5, 0.6) is 11.5 Å². The predicted octanol–water partition coefficient (Wildman–Crippen LogP) is 12.1. The Kier molecular flexibility index (Phi) is 22.4. The molecular weight excluding hydrogens is 889 g/mol. The number of hydrogen-bond donors (Lipinski definition) is 3. The highest BCUT2D eigenvalue weighted by Crippen LogP contribution is 2.62. The minimum Gasteiger partial charge on any atom is -0.459 e. The van der Waals surface area contributed by atoms with Gasteiger partial charge in [0, 0.05) is 44.2 Å². The molecule has 3 aliphatic rings. The highest BCUT2D eigenvalue weighted by Gasteiger charge is 2.65. The molecule has 5 rings (SSSR count). The molecule has 1 saturated carbocycles. The minimum absolute atomic E-state index is 0.00568. The summed E-state index contributed by atoms with van der Waals surface area (Å²) < 4.78 is 40.4. The van der Waals surface area contributed by atoms with Crippen LogP contribution in [0.25, 0.3) is 0 Å². The number of allylic oxidation sites excluding steroid dienone is 1. The van der Waals surface area contributed by atoms with Crippen LogP contribution in [0.1, 0.15) is 154 Å². The van der Waals surface area contributed by atoms with Crippen LogP contribution in [0.2, 0.25) is 0 Å². The van der Waals surface area contributed by atoms with Crippen molar-refractivity contribution in [2.45, 2.75) is 167 Å². The molecule has 6 atom stereocenters. The number of amides is 2. The summed E-state index contributed by atoms with van der Waals surface area (Å²) in [7, 11) is 0. The molecule has 1 aliphatic heterocycles. The average molecular weight is 969 g/mol. The number of carbonyl (C=O) groups excluding carboxylic acids is 2. The van der Waals surface area contributed by atoms with Gasteiger partial charge < -0.3 is 39.3 Å². The molecule has 2 aromatic carbocycles. The zero-order valence-corrected chi connectivity index (χ0v) is 41.9. The van der Waals surface area contributed by atoms with Crippen LogP contribution in [-0.4, -0.2) is 89.3 Å². The van der Waals surface area contributed by atoms with Crippen LogP contribution in [-0.2, 0) is 20.9 Å². The zero-order valence-electron chi connectivity index (χ0n) is 41.2. The summed E-state index contributed by atoms with van der Waals surface area (Å²) >= 11 is 6.08. The number of alkyl halides is 1. The molecule has 0 unspecified atom stereocenters. The number of fused-ring (bicyclic) bond motifs is 2. The van der Waals surface area contributed by atoms with E-state index in [1.807, 2.05) is 26.8 Å². The summed E-state index contributed by atoms with van der Waals surface area (Å²) in [4.78, 5) is 35.7. The van der Waals surface area contributed by atoms with Crippen molar-refractivity contribution in [2.24, 2.45) is 22.9 Å². The average Bonchev–Trinajstić information content (AvgIpc) is 3.32. The van der Waals surface area contributed by atoms with Gasteiger partial charge in [-0.2, -0.15) is 0 Å². The fourth-order valence-electron chi connectivity index (χ4n) is 10.1. The molecule has 0 aromatic heterocycles. The van der Waals surface area contributed by atoms with Crippen molar-refractivity contribution >= 4 is 29.5 Å². The van der Waals surface area contributed by atoms with E-state index < -0.39 is 41.4 Å². The summed E-state index contributed by atoms with van der Waals surface area (Å²) in [5.41, 5.74) is 2.26. The van der Waals surface area contributed by atoms with Gasteiger partial charge in [0.1, 0.15) is 35.6 Å².